The number of aliphatic hydroxyl groups excluding tert-OH is 2. The summed E-state index contributed by atoms with van der Waals surface area (Å²) in [5.74, 6) is -0.856. The minimum absolute atomic E-state index is 0. The molecule has 0 atom stereocenters. The predicted molar refractivity (Wildman–Crippen MR) is 230 cm³/mol. The maximum absolute atomic E-state index is 12.5. The molecule has 0 unspecified atom stereocenters. The van der Waals surface area contributed by atoms with Crippen molar-refractivity contribution in [2.24, 2.45) is 0 Å². The topological polar surface area (TPSA) is 419 Å². The second-order valence-electron chi connectivity index (χ2n) is 13.1. The van der Waals surface area contributed by atoms with Gasteiger partial charge in [-0.1, -0.05) is 24.3 Å². The van der Waals surface area contributed by atoms with Crippen LogP contribution < -0.4 is 194 Å². The molecular formula is C36H32K2N12Na2O14S4. The molecule has 0 aliphatic heterocycles. The molecule has 0 radical (unpaired) electrons. The summed E-state index contributed by atoms with van der Waals surface area (Å²) in [6, 6.07) is 16.2. The van der Waals surface area contributed by atoms with Gasteiger partial charge in [0.2, 0.25) is 35.7 Å². The van der Waals surface area contributed by atoms with Gasteiger partial charge in [-0.2, -0.15) is 29.9 Å². The quantitative estimate of drug-likeness (QED) is 0.0200. The largest absolute Gasteiger partial charge is 1.00 e. The second-order valence-corrected chi connectivity index (χ2v) is 18.6. The Balaban J connectivity index is 0.00000420. The van der Waals surface area contributed by atoms with Crippen molar-refractivity contribution in [3.63, 3.8) is 0 Å². The third kappa shape index (κ3) is 19.2. The number of hydrogen-bond donors (Lipinski definition) is 8. The Bertz CT molecular complexity index is 3050. The van der Waals surface area contributed by atoms with Crippen LogP contribution in [-0.2, 0) is 40.5 Å². The molecule has 0 aliphatic rings. The van der Waals surface area contributed by atoms with E-state index >= 15 is 0 Å². The number of nitrogens with zero attached hydrogens (tertiary/aromatic N) is 6. The van der Waals surface area contributed by atoms with Crippen molar-refractivity contribution >= 4 is 111 Å². The first-order valence-corrected chi connectivity index (χ1v) is 24.0. The molecular weight excluding hydrogens is 1080 g/mol. The summed E-state index contributed by atoms with van der Waals surface area (Å²) >= 11 is 0. The third-order valence-electron chi connectivity index (χ3n) is 8.38. The van der Waals surface area contributed by atoms with Crippen molar-refractivity contribution < 1.29 is 224 Å². The molecule has 0 saturated heterocycles. The number of anilines is 10. The molecule has 8 N–H and O–H groups in total. The van der Waals surface area contributed by atoms with Crippen LogP contribution in [0.4, 0.5) is 58.4 Å². The van der Waals surface area contributed by atoms with E-state index in [2.05, 4.69) is 61.8 Å². The van der Waals surface area contributed by atoms with Gasteiger partial charge in [0.1, 0.15) is 40.5 Å². The van der Waals surface area contributed by atoms with Gasteiger partial charge in [-0.25, -0.2) is 33.7 Å². The number of rotatable bonds is 20. The summed E-state index contributed by atoms with van der Waals surface area (Å²) in [6.45, 7) is -0.645. The van der Waals surface area contributed by atoms with E-state index in [9.17, 15) is 62.1 Å². The van der Waals surface area contributed by atoms with Crippen LogP contribution in [0.15, 0.2) is 105 Å². The van der Waals surface area contributed by atoms with E-state index in [1.807, 2.05) is 0 Å². The minimum atomic E-state index is -5.24. The van der Waals surface area contributed by atoms with E-state index < -0.39 is 60.1 Å². The van der Waals surface area contributed by atoms with Gasteiger partial charge in [0.25, 0.3) is 0 Å². The molecule has 6 aromatic rings. The molecule has 70 heavy (non-hydrogen) atoms. The van der Waals surface area contributed by atoms with E-state index in [0.717, 1.165) is 48.6 Å². The smallest absolute Gasteiger partial charge is 0.744 e. The molecule has 2 heterocycles. The van der Waals surface area contributed by atoms with Gasteiger partial charge in [-0.05, 0) is 83.9 Å². The summed E-state index contributed by atoms with van der Waals surface area (Å²) in [4.78, 5) is 22.5. The first-order chi connectivity index (χ1) is 31.1. The molecule has 0 spiro atoms. The molecule has 34 heteroatoms. The Hall–Kier alpha value is -1.73. The van der Waals surface area contributed by atoms with Gasteiger partial charge in [-0.3, -0.25) is 0 Å². The van der Waals surface area contributed by atoms with E-state index in [1.165, 1.54) is 48.5 Å². The minimum Gasteiger partial charge on any atom is -0.744 e. The Morgan fingerprint density at radius 3 is 0.957 bits per heavy atom. The van der Waals surface area contributed by atoms with Crippen LogP contribution >= 0.6 is 0 Å². The van der Waals surface area contributed by atoms with Crippen LogP contribution in [0, 0.1) is 0 Å². The van der Waals surface area contributed by atoms with Crippen molar-refractivity contribution in [3.8, 4) is 0 Å². The predicted octanol–water partition coefficient (Wildman–Crippen LogP) is -10.4. The van der Waals surface area contributed by atoms with Crippen LogP contribution in [0.5, 0.6) is 0 Å². The van der Waals surface area contributed by atoms with Crippen molar-refractivity contribution in [1.82, 2.24) is 29.9 Å². The van der Waals surface area contributed by atoms with E-state index in [4.69, 9.17) is 0 Å². The molecule has 0 saturated carbocycles. The Morgan fingerprint density at radius 1 is 0.414 bits per heavy atom. The Kier molecular flexibility index (Phi) is 26.0. The molecule has 2 aromatic heterocycles. The molecule has 348 valence electrons. The summed E-state index contributed by atoms with van der Waals surface area (Å²) in [7, 11) is -19.9. The summed E-state index contributed by atoms with van der Waals surface area (Å²) < 4.78 is 143. The van der Waals surface area contributed by atoms with Gasteiger partial charge in [-0.15, -0.1) is 0 Å². The fraction of sp³-hybridized carbons (Fsp3) is 0.111. The fourth-order valence-corrected chi connectivity index (χ4v) is 7.84. The second kappa shape index (κ2) is 28.2. The average Bonchev–Trinajstić information content (AvgIpc) is 3.23. The summed E-state index contributed by atoms with van der Waals surface area (Å²) in [6.07, 6.45) is 2.16. The first kappa shape index (κ1) is 64.4. The number of aliphatic hydroxyl groups is 2. The van der Waals surface area contributed by atoms with Crippen LogP contribution in [0.1, 0.15) is 11.1 Å². The first-order valence-electron chi connectivity index (χ1n) is 18.4. The molecule has 6 rings (SSSR count). The summed E-state index contributed by atoms with van der Waals surface area (Å²) in [5.41, 5.74) is -0.0172. The maximum Gasteiger partial charge on any atom is 1.00 e. The SMILES string of the molecule is O=S(=O)([O-])c1ccc(Nc2nc(NCCO)nc(Nc3ccc(/C=C/c4ccc(Nc5nc(NCCO)nc(Nc6ccc(S(=O)(=O)[O-])cc6)n5)cc4S(=O)(=O)[O-])c(S(=O)(=O)[O-])c3)n2)cc1.[K+].[K+].[Na+].[Na+]. The van der Waals surface area contributed by atoms with Crippen molar-refractivity contribution in [1.29, 1.82) is 0 Å². The monoisotopic (exact) mass is 1110 g/mol. The zero-order valence-electron chi connectivity index (χ0n) is 37.2. The van der Waals surface area contributed by atoms with Crippen molar-refractivity contribution in [2.75, 3.05) is 58.2 Å². The zero-order chi connectivity index (χ0) is 47.9. The van der Waals surface area contributed by atoms with E-state index in [0.29, 0.717) is 0 Å². The van der Waals surface area contributed by atoms with Crippen molar-refractivity contribution in [2.45, 2.75) is 19.6 Å². The Labute approximate surface area is 530 Å². The van der Waals surface area contributed by atoms with Gasteiger partial charge in [0, 0.05) is 35.8 Å². The molecule has 4 aromatic carbocycles. The fourth-order valence-electron chi connectivity index (χ4n) is 5.51. The molecule has 0 amide bonds. The number of hydrogen-bond acceptors (Lipinski definition) is 26. The number of benzene rings is 4. The van der Waals surface area contributed by atoms with E-state index in [1.54, 1.807) is 0 Å². The third-order valence-corrected chi connectivity index (χ3v) is 11.9. The van der Waals surface area contributed by atoms with Gasteiger partial charge >= 0.3 is 162 Å². The summed E-state index contributed by atoms with van der Waals surface area (Å²) in [5, 5.41) is 35.1. The molecule has 0 fully saturated rings. The molecule has 0 aliphatic carbocycles. The van der Waals surface area contributed by atoms with Gasteiger partial charge < -0.3 is 60.3 Å². The zero-order valence-corrected chi connectivity index (χ0v) is 50.7. The number of nitrogens with one attached hydrogen (secondary N) is 6. The average molecular weight is 1110 g/mol. The Morgan fingerprint density at radius 2 is 0.686 bits per heavy atom. The number of aromatic nitrogens is 6. The van der Waals surface area contributed by atoms with Gasteiger partial charge in [0.15, 0.2) is 0 Å². The maximum atomic E-state index is 12.5. The van der Waals surface area contributed by atoms with Crippen LogP contribution in [0.3, 0.4) is 0 Å². The standard InChI is InChI=1S/C36H36N12O14S4.2K.2Na/c49-17-15-37-31-43-33(39-23-7-11-27(12-8-23)63(51,52)53)47-35(45-31)41-25-5-3-21(29(19-25)65(57,58)59)1-2-22-4-6-26(20-30(22)66(60,61)62)42-36-46-32(38-16-18-50)44-34(48-36)40-24-9-13-28(14-10-24)64(54,55)56;;;;/h1-14,19-20,49-50H,15-18H2,(H,51,52,53)(H,54,55,56)(H,57,58,59)(H,60,61,62)(H3,37,39,41,43,45,47)(H3,38,40,42,44,46,48);;;;/q;4*+1/p-4/b2-1+;;;;. The van der Waals surface area contributed by atoms with Crippen LogP contribution in [0.25, 0.3) is 12.2 Å². The molecule has 0 bridgehead atoms. The van der Waals surface area contributed by atoms with Crippen LogP contribution in [-0.4, -0.2) is 118 Å². The normalized spacial score (nSPS) is 11.5. The van der Waals surface area contributed by atoms with E-state index in [-0.39, 0.29) is 258 Å². The molecule has 26 nitrogen and oxygen atoms in total. The van der Waals surface area contributed by atoms with Gasteiger partial charge in [0.05, 0.1) is 32.8 Å². The van der Waals surface area contributed by atoms with Crippen molar-refractivity contribution in [3.05, 3.63) is 96.1 Å². The van der Waals surface area contributed by atoms with Crippen LogP contribution in [0.2, 0.25) is 0 Å².